The Balaban J connectivity index is 3.59. The van der Waals surface area contributed by atoms with Gasteiger partial charge in [-0.05, 0) is 26.4 Å². The van der Waals surface area contributed by atoms with Gasteiger partial charge < -0.3 is 10.5 Å². The highest BCUT2D eigenvalue weighted by Crippen LogP contribution is 2.12. The standard InChI is InChI=1S/C8H19NO2S/c1-8(2,9)7(10)11-5-6-12(3)4/h12H,5-6,9H2,1-4H3. The minimum absolute atomic E-state index is 0.0150. The number of hydrogen-bond donors (Lipinski definition) is 2. The lowest BCUT2D eigenvalue weighted by Gasteiger charge is -2.17. The fraction of sp³-hybridized carbons (Fsp3) is 0.875. The molecular formula is C8H19NO2S. The number of hydrogen-bond acceptors (Lipinski definition) is 3. The van der Waals surface area contributed by atoms with Gasteiger partial charge in [-0.1, -0.05) is 0 Å². The van der Waals surface area contributed by atoms with Crippen LogP contribution in [0.5, 0.6) is 0 Å². The minimum Gasteiger partial charge on any atom is -0.464 e. The van der Waals surface area contributed by atoms with Crippen molar-refractivity contribution < 1.29 is 9.53 Å². The monoisotopic (exact) mass is 193 g/mol. The van der Waals surface area contributed by atoms with Gasteiger partial charge in [0.25, 0.3) is 0 Å². The first kappa shape index (κ1) is 11.8. The zero-order valence-corrected chi connectivity index (χ0v) is 9.15. The van der Waals surface area contributed by atoms with Crippen molar-refractivity contribution in [2.75, 3.05) is 24.9 Å². The lowest BCUT2D eigenvalue weighted by molar-refractivity contribution is -0.148. The van der Waals surface area contributed by atoms with E-state index >= 15 is 0 Å². The third-order valence-corrected chi connectivity index (χ3v) is 2.37. The molecule has 4 heteroatoms. The number of carbonyl (C=O) groups is 1. The smallest absolute Gasteiger partial charge is 0.325 e. The Morgan fingerprint density at radius 2 is 2.00 bits per heavy atom. The van der Waals surface area contributed by atoms with E-state index < -0.39 is 5.54 Å². The first-order valence-corrected chi connectivity index (χ1v) is 6.37. The van der Waals surface area contributed by atoms with E-state index in [1.165, 1.54) is 0 Å². The molecule has 0 atom stereocenters. The number of ether oxygens (including phenoxy) is 1. The van der Waals surface area contributed by atoms with Crippen molar-refractivity contribution in [1.82, 2.24) is 0 Å². The van der Waals surface area contributed by atoms with E-state index in [4.69, 9.17) is 10.5 Å². The normalized spacial score (nSPS) is 12.6. The van der Waals surface area contributed by atoms with Crippen LogP contribution in [-0.4, -0.2) is 36.4 Å². The van der Waals surface area contributed by atoms with Gasteiger partial charge in [0.05, 0.1) is 6.61 Å². The SMILES string of the molecule is C[SH](C)CCOC(=O)C(C)(C)N. The van der Waals surface area contributed by atoms with Gasteiger partial charge in [-0.3, -0.25) is 15.7 Å². The van der Waals surface area contributed by atoms with Gasteiger partial charge in [-0.2, -0.15) is 0 Å². The van der Waals surface area contributed by atoms with Gasteiger partial charge in [0.15, 0.2) is 0 Å². The molecule has 0 saturated carbocycles. The molecule has 0 bridgehead atoms. The third kappa shape index (κ3) is 5.43. The Bertz CT molecular complexity index is 152. The fourth-order valence-corrected chi connectivity index (χ4v) is 0.963. The second-order valence-electron chi connectivity index (χ2n) is 3.66. The highest BCUT2D eigenvalue weighted by Gasteiger charge is 2.23. The average molecular weight is 193 g/mol. The maximum absolute atomic E-state index is 11.1. The predicted octanol–water partition coefficient (Wildman–Crippen LogP) is 0.528. The molecule has 2 N–H and O–H groups in total. The van der Waals surface area contributed by atoms with Crippen LogP contribution in [0.3, 0.4) is 0 Å². The maximum Gasteiger partial charge on any atom is 0.325 e. The lowest BCUT2D eigenvalue weighted by Crippen LogP contribution is -2.43. The molecule has 0 aliphatic heterocycles. The van der Waals surface area contributed by atoms with Crippen molar-refractivity contribution in [3.63, 3.8) is 0 Å². The van der Waals surface area contributed by atoms with Gasteiger partial charge in [0, 0.05) is 5.75 Å². The summed E-state index contributed by atoms with van der Waals surface area (Å²) in [5, 5.41) is 0. The summed E-state index contributed by atoms with van der Waals surface area (Å²) >= 11 is 0. The molecule has 0 heterocycles. The molecule has 0 aromatic rings. The fourth-order valence-electron chi connectivity index (χ4n) is 0.507. The molecule has 12 heavy (non-hydrogen) atoms. The molecule has 0 aliphatic rings. The zero-order valence-electron chi connectivity index (χ0n) is 8.26. The minimum atomic E-state index is -0.857. The van der Waals surface area contributed by atoms with E-state index in [1.807, 2.05) is 0 Å². The Morgan fingerprint density at radius 1 is 1.50 bits per heavy atom. The highest BCUT2D eigenvalue weighted by molar-refractivity contribution is 8.15. The molecule has 74 valence electrons. The molecular weight excluding hydrogens is 174 g/mol. The largest absolute Gasteiger partial charge is 0.464 e. The molecule has 0 saturated heterocycles. The average Bonchev–Trinajstić information content (AvgIpc) is 1.84. The van der Waals surface area contributed by atoms with Crippen molar-refractivity contribution in [3.8, 4) is 0 Å². The molecule has 0 aliphatic carbocycles. The topological polar surface area (TPSA) is 52.3 Å². The summed E-state index contributed by atoms with van der Waals surface area (Å²) in [5.74, 6) is 0.635. The second kappa shape index (κ2) is 4.72. The van der Waals surface area contributed by atoms with Crippen molar-refractivity contribution >= 4 is 16.9 Å². The maximum atomic E-state index is 11.1. The highest BCUT2D eigenvalue weighted by atomic mass is 32.2. The number of carbonyl (C=O) groups excluding carboxylic acids is 1. The van der Waals surface area contributed by atoms with Crippen LogP contribution in [0, 0.1) is 0 Å². The van der Waals surface area contributed by atoms with Gasteiger partial charge in [-0.15, -0.1) is 0 Å². The Labute approximate surface area is 77.0 Å². The summed E-state index contributed by atoms with van der Waals surface area (Å²) < 4.78 is 4.97. The van der Waals surface area contributed by atoms with E-state index in [2.05, 4.69) is 12.5 Å². The van der Waals surface area contributed by atoms with Crippen LogP contribution in [0.2, 0.25) is 0 Å². The molecule has 0 amide bonds. The predicted molar refractivity (Wildman–Crippen MR) is 54.9 cm³/mol. The Kier molecular flexibility index (Phi) is 4.63. The van der Waals surface area contributed by atoms with E-state index in [9.17, 15) is 4.79 Å². The first-order valence-electron chi connectivity index (χ1n) is 3.95. The molecule has 0 spiro atoms. The summed E-state index contributed by atoms with van der Waals surface area (Å²) in [5.41, 5.74) is 4.67. The summed E-state index contributed by atoms with van der Waals surface area (Å²) in [4.78, 5) is 11.1. The number of nitrogens with two attached hydrogens (primary N) is 1. The van der Waals surface area contributed by atoms with Gasteiger partial charge in [0.1, 0.15) is 5.54 Å². The molecule has 0 rings (SSSR count). The lowest BCUT2D eigenvalue weighted by atomic mass is 10.1. The van der Waals surface area contributed by atoms with Gasteiger partial charge >= 0.3 is 5.97 Å². The molecule has 0 unspecified atom stereocenters. The van der Waals surface area contributed by atoms with Crippen LogP contribution in [-0.2, 0) is 9.53 Å². The third-order valence-electron chi connectivity index (χ3n) is 1.30. The van der Waals surface area contributed by atoms with Crippen molar-refractivity contribution in [3.05, 3.63) is 0 Å². The molecule has 3 nitrogen and oxygen atoms in total. The van der Waals surface area contributed by atoms with E-state index in [-0.39, 0.29) is 16.9 Å². The van der Waals surface area contributed by atoms with E-state index in [0.717, 1.165) is 5.75 Å². The van der Waals surface area contributed by atoms with Crippen molar-refractivity contribution in [2.24, 2.45) is 5.73 Å². The summed E-state index contributed by atoms with van der Waals surface area (Å²) in [6.07, 6.45) is 4.30. The Morgan fingerprint density at radius 3 is 2.33 bits per heavy atom. The summed E-state index contributed by atoms with van der Waals surface area (Å²) in [6.45, 7) is 3.80. The summed E-state index contributed by atoms with van der Waals surface area (Å²) in [6, 6.07) is 0. The second-order valence-corrected chi connectivity index (χ2v) is 6.27. The summed E-state index contributed by atoms with van der Waals surface area (Å²) in [7, 11) is 0.0150. The molecule has 0 fully saturated rings. The van der Waals surface area contributed by atoms with E-state index in [0.29, 0.717) is 6.61 Å². The molecule has 0 radical (unpaired) electrons. The van der Waals surface area contributed by atoms with Crippen LogP contribution in [0.25, 0.3) is 0 Å². The van der Waals surface area contributed by atoms with E-state index in [1.54, 1.807) is 13.8 Å². The molecule has 0 aromatic heterocycles. The quantitative estimate of drug-likeness (QED) is 0.506. The van der Waals surface area contributed by atoms with Crippen molar-refractivity contribution in [1.29, 1.82) is 0 Å². The van der Waals surface area contributed by atoms with Crippen LogP contribution in [0.1, 0.15) is 13.8 Å². The number of esters is 1. The molecule has 0 aromatic carbocycles. The number of rotatable bonds is 4. The van der Waals surface area contributed by atoms with Gasteiger partial charge in [-0.25, -0.2) is 0 Å². The first-order chi connectivity index (χ1) is 5.34. The van der Waals surface area contributed by atoms with Crippen LogP contribution in [0.4, 0.5) is 0 Å². The van der Waals surface area contributed by atoms with Crippen molar-refractivity contribution in [2.45, 2.75) is 19.4 Å². The van der Waals surface area contributed by atoms with Crippen LogP contribution in [0.15, 0.2) is 0 Å². The van der Waals surface area contributed by atoms with Gasteiger partial charge in [0.2, 0.25) is 0 Å². The van der Waals surface area contributed by atoms with Crippen LogP contribution < -0.4 is 5.73 Å². The zero-order chi connectivity index (χ0) is 9.78. The van der Waals surface area contributed by atoms with Crippen LogP contribution >= 0.6 is 10.9 Å². The Hall–Kier alpha value is -0.220. The number of thiol groups is 1.